The Labute approximate surface area is 188 Å². The van der Waals surface area contributed by atoms with Crippen LogP contribution in [-0.2, 0) is 16.1 Å². The van der Waals surface area contributed by atoms with E-state index >= 15 is 0 Å². The van der Waals surface area contributed by atoms with Crippen LogP contribution in [0.25, 0.3) is 11.4 Å². The second kappa shape index (κ2) is 10.9. The molecule has 0 aliphatic carbocycles. The molecular formula is C22H23F2N5O2S. The number of anilines is 1. The van der Waals surface area contributed by atoms with Gasteiger partial charge in [-0.05, 0) is 42.3 Å². The van der Waals surface area contributed by atoms with Crippen molar-refractivity contribution in [2.45, 2.75) is 25.5 Å². The fraction of sp³-hybridized carbons (Fsp3) is 0.273. The van der Waals surface area contributed by atoms with Crippen LogP contribution in [-0.4, -0.2) is 38.9 Å². The first-order valence-electron chi connectivity index (χ1n) is 9.96. The number of rotatable bonds is 9. The molecule has 2 aromatic carbocycles. The molecule has 0 aliphatic rings. The van der Waals surface area contributed by atoms with Crippen molar-refractivity contribution >= 4 is 29.3 Å². The van der Waals surface area contributed by atoms with E-state index in [-0.39, 0.29) is 24.1 Å². The van der Waals surface area contributed by atoms with Crippen LogP contribution < -0.4 is 10.6 Å². The van der Waals surface area contributed by atoms with Crippen LogP contribution >= 0.6 is 11.8 Å². The zero-order chi connectivity index (χ0) is 23.1. The molecule has 0 saturated carbocycles. The second-order valence-corrected chi connectivity index (χ2v) is 8.35. The number of carbonyl (C=O) groups excluding carboxylic acids is 2. The molecule has 2 amide bonds. The number of halogens is 2. The van der Waals surface area contributed by atoms with Crippen molar-refractivity contribution in [3.63, 3.8) is 0 Å². The molecule has 0 spiro atoms. The van der Waals surface area contributed by atoms with Crippen LogP contribution in [0.4, 0.5) is 14.5 Å². The van der Waals surface area contributed by atoms with Crippen molar-refractivity contribution in [2.75, 3.05) is 17.6 Å². The van der Waals surface area contributed by atoms with Gasteiger partial charge in [0.25, 0.3) is 0 Å². The Kier molecular flexibility index (Phi) is 7.93. The zero-order valence-electron chi connectivity index (χ0n) is 17.6. The van der Waals surface area contributed by atoms with E-state index in [2.05, 4.69) is 20.8 Å². The number of carbonyl (C=O) groups is 2. The number of aromatic nitrogens is 3. The van der Waals surface area contributed by atoms with Crippen molar-refractivity contribution in [3.8, 4) is 11.4 Å². The van der Waals surface area contributed by atoms with Crippen LogP contribution in [0.2, 0.25) is 0 Å². The molecule has 0 unspecified atom stereocenters. The SMILES string of the molecule is CC(C)Cn1c(SCC(=O)NCC(=O)Nc2ccc(F)cc2)nnc1-c1ccccc1F. The lowest BCUT2D eigenvalue weighted by Crippen LogP contribution is -2.34. The quantitative estimate of drug-likeness (QED) is 0.476. The Bertz CT molecular complexity index is 1090. The van der Waals surface area contributed by atoms with E-state index in [1.54, 1.807) is 22.8 Å². The second-order valence-electron chi connectivity index (χ2n) is 7.41. The maximum Gasteiger partial charge on any atom is 0.243 e. The summed E-state index contributed by atoms with van der Waals surface area (Å²) in [4.78, 5) is 24.2. The highest BCUT2D eigenvalue weighted by atomic mass is 32.2. The number of benzene rings is 2. The summed E-state index contributed by atoms with van der Waals surface area (Å²) in [6, 6.07) is 11.6. The maximum atomic E-state index is 14.3. The lowest BCUT2D eigenvalue weighted by atomic mass is 10.2. The number of amides is 2. The number of hydrogen-bond donors (Lipinski definition) is 2. The van der Waals surface area contributed by atoms with Gasteiger partial charge in [0.2, 0.25) is 11.8 Å². The van der Waals surface area contributed by atoms with Crippen LogP contribution in [0.5, 0.6) is 0 Å². The predicted octanol–water partition coefficient (Wildman–Crippen LogP) is 3.73. The summed E-state index contributed by atoms with van der Waals surface area (Å²) in [5.74, 6) is -0.936. The fourth-order valence-electron chi connectivity index (χ4n) is 2.87. The number of nitrogens with one attached hydrogen (secondary N) is 2. The van der Waals surface area contributed by atoms with Crippen molar-refractivity contribution in [1.82, 2.24) is 20.1 Å². The fourth-order valence-corrected chi connectivity index (χ4v) is 3.64. The van der Waals surface area contributed by atoms with Gasteiger partial charge in [-0.15, -0.1) is 10.2 Å². The molecule has 0 radical (unpaired) electrons. The van der Waals surface area contributed by atoms with Gasteiger partial charge in [-0.25, -0.2) is 8.78 Å². The lowest BCUT2D eigenvalue weighted by Gasteiger charge is -2.13. The maximum absolute atomic E-state index is 14.3. The van der Waals surface area contributed by atoms with E-state index < -0.39 is 17.5 Å². The Morgan fingerprint density at radius 1 is 1.03 bits per heavy atom. The molecule has 10 heteroatoms. The van der Waals surface area contributed by atoms with Crippen molar-refractivity contribution < 1.29 is 18.4 Å². The number of hydrogen-bond acceptors (Lipinski definition) is 5. The highest BCUT2D eigenvalue weighted by Crippen LogP contribution is 2.26. The van der Waals surface area contributed by atoms with E-state index in [4.69, 9.17) is 0 Å². The Balaban J connectivity index is 1.58. The van der Waals surface area contributed by atoms with E-state index in [0.717, 1.165) is 11.8 Å². The standard InChI is InChI=1S/C22H23F2N5O2S/c1-14(2)12-29-21(17-5-3-4-6-18(17)24)27-28-22(29)32-13-20(31)25-11-19(30)26-16-9-7-15(23)8-10-16/h3-10,14H,11-13H2,1-2H3,(H,25,31)(H,26,30). The topological polar surface area (TPSA) is 88.9 Å². The molecule has 1 aromatic heterocycles. The van der Waals surface area contributed by atoms with Crippen LogP contribution in [0, 0.1) is 17.6 Å². The molecule has 0 bridgehead atoms. The third kappa shape index (κ3) is 6.36. The van der Waals surface area contributed by atoms with Crippen molar-refractivity contribution in [2.24, 2.45) is 5.92 Å². The van der Waals surface area contributed by atoms with Gasteiger partial charge < -0.3 is 15.2 Å². The van der Waals surface area contributed by atoms with Gasteiger partial charge in [-0.2, -0.15) is 0 Å². The zero-order valence-corrected chi connectivity index (χ0v) is 18.5. The molecule has 32 heavy (non-hydrogen) atoms. The predicted molar refractivity (Wildman–Crippen MR) is 119 cm³/mol. The molecule has 7 nitrogen and oxygen atoms in total. The smallest absolute Gasteiger partial charge is 0.243 e. The van der Waals surface area contributed by atoms with E-state index in [1.165, 1.54) is 30.3 Å². The molecule has 3 aromatic rings. The van der Waals surface area contributed by atoms with Gasteiger partial charge in [0.05, 0.1) is 17.9 Å². The van der Waals surface area contributed by atoms with Crippen LogP contribution in [0.15, 0.2) is 53.7 Å². The Morgan fingerprint density at radius 3 is 2.44 bits per heavy atom. The van der Waals surface area contributed by atoms with Gasteiger partial charge in [-0.1, -0.05) is 37.7 Å². The minimum absolute atomic E-state index is 0.0112. The van der Waals surface area contributed by atoms with E-state index in [9.17, 15) is 18.4 Å². The van der Waals surface area contributed by atoms with Gasteiger partial charge in [0, 0.05) is 12.2 Å². The summed E-state index contributed by atoms with van der Waals surface area (Å²) < 4.78 is 29.0. The molecular weight excluding hydrogens is 436 g/mol. The number of thioether (sulfide) groups is 1. The highest BCUT2D eigenvalue weighted by Gasteiger charge is 2.19. The van der Waals surface area contributed by atoms with Crippen LogP contribution in [0.1, 0.15) is 13.8 Å². The average Bonchev–Trinajstić information content (AvgIpc) is 3.14. The molecule has 1 heterocycles. The average molecular weight is 460 g/mol. The molecule has 2 N–H and O–H groups in total. The van der Waals surface area contributed by atoms with E-state index in [0.29, 0.717) is 28.8 Å². The third-order valence-corrected chi connectivity index (χ3v) is 5.25. The summed E-state index contributed by atoms with van der Waals surface area (Å²) in [6.45, 7) is 4.37. The number of nitrogens with zero attached hydrogens (tertiary/aromatic N) is 3. The summed E-state index contributed by atoms with van der Waals surface area (Å²) in [5.41, 5.74) is 0.775. The highest BCUT2D eigenvalue weighted by molar-refractivity contribution is 7.99. The Morgan fingerprint density at radius 2 is 1.75 bits per heavy atom. The van der Waals surface area contributed by atoms with Gasteiger partial charge in [0.1, 0.15) is 11.6 Å². The normalized spacial score (nSPS) is 10.9. The minimum Gasteiger partial charge on any atom is -0.346 e. The summed E-state index contributed by atoms with van der Waals surface area (Å²) in [5, 5.41) is 13.9. The summed E-state index contributed by atoms with van der Waals surface area (Å²) in [7, 11) is 0. The summed E-state index contributed by atoms with van der Waals surface area (Å²) >= 11 is 1.16. The first kappa shape index (κ1) is 23.4. The lowest BCUT2D eigenvalue weighted by molar-refractivity contribution is -0.122. The first-order chi connectivity index (χ1) is 15.3. The van der Waals surface area contributed by atoms with Gasteiger partial charge in [0.15, 0.2) is 11.0 Å². The monoisotopic (exact) mass is 459 g/mol. The molecule has 3 rings (SSSR count). The molecule has 0 aliphatic heterocycles. The van der Waals surface area contributed by atoms with Gasteiger partial charge >= 0.3 is 0 Å². The largest absolute Gasteiger partial charge is 0.346 e. The molecule has 0 saturated heterocycles. The van der Waals surface area contributed by atoms with Crippen LogP contribution in [0.3, 0.4) is 0 Å². The molecule has 0 atom stereocenters. The molecule has 168 valence electrons. The van der Waals surface area contributed by atoms with Crippen molar-refractivity contribution in [3.05, 3.63) is 60.2 Å². The Hall–Kier alpha value is -3.27. The summed E-state index contributed by atoms with van der Waals surface area (Å²) in [6.07, 6.45) is 0. The van der Waals surface area contributed by atoms with E-state index in [1.807, 2.05) is 13.8 Å². The van der Waals surface area contributed by atoms with Crippen molar-refractivity contribution in [1.29, 1.82) is 0 Å². The first-order valence-corrected chi connectivity index (χ1v) is 10.9. The third-order valence-electron chi connectivity index (χ3n) is 4.29. The van der Waals surface area contributed by atoms with Gasteiger partial charge in [-0.3, -0.25) is 9.59 Å². The minimum atomic E-state index is -0.431. The molecule has 0 fully saturated rings.